The second kappa shape index (κ2) is 8.78. The summed E-state index contributed by atoms with van der Waals surface area (Å²) in [6, 6.07) is 9.26. The van der Waals surface area contributed by atoms with Crippen LogP contribution in [0.4, 0.5) is 5.69 Å². The van der Waals surface area contributed by atoms with Crippen molar-refractivity contribution in [3.05, 3.63) is 52.0 Å². The number of hydrogen-bond acceptors (Lipinski definition) is 5. The third-order valence-corrected chi connectivity index (χ3v) is 3.85. The van der Waals surface area contributed by atoms with Crippen molar-refractivity contribution in [1.82, 2.24) is 0 Å². The van der Waals surface area contributed by atoms with Gasteiger partial charge < -0.3 is 19.5 Å². The van der Waals surface area contributed by atoms with Crippen LogP contribution in [0, 0.1) is 0 Å². The second-order valence-electron chi connectivity index (χ2n) is 5.26. The van der Waals surface area contributed by atoms with Crippen molar-refractivity contribution in [1.29, 1.82) is 0 Å². The molecule has 0 aliphatic carbocycles. The average Bonchev–Trinajstić information content (AvgIpc) is 2.59. The van der Waals surface area contributed by atoms with Gasteiger partial charge in [-0.3, -0.25) is 4.79 Å². The molecule has 0 fully saturated rings. The van der Waals surface area contributed by atoms with Crippen molar-refractivity contribution < 1.29 is 23.8 Å². The lowest BCUT2D eigenvalue weighted by Crippen LogP contribution is -2.30. The first-order chi connectivity index (χ1) is 12.3. The summed E-state index contributed by atoms with van der Waals surface area (Å²) in [7, 11) is 2.92. The van der Waals surface area contributed by atoms with Gasteiger partial charge in [0.25, 0.3) is 5.91 Å². The summed E-state index contributed by atoms with van der Waals surface area (Å²) in [5.74, 6) is -0.411. The Morgan fingerprint density at radius 3 is 2.23 bits per heavy atom. The molecule has 6 nitrogen and oxygen atoms in total. The van der Waals surface area contributed by atoms with Gasteiger partial charge >= 0.3 is 5.97 Å². The number of amides is 1. The highest BCUT2D eigenvalue weighted by Gasteiger charge is 2.22. The van der Waals surface area contributed by atoms with Crippen LogP contribution in [-0.2, 0) is 9.53 Å². The summed E-state index contributed by atoms with van der Waals surface area (Å²) in [6.45, 7) is 1.45. The highest BCUT2D eigenvalue weighted by atomic mass is 35.5. The van der Waals surface area contributed by atoms with Gasteiger partial charge in [0.2, 0.25) is 0 Å². The fourth-order valence-electron chi connectivity index (χ4n) is 2.11. The first-order valence-electron chi connectivity index (χ1n) is 7.54. The van der Waals surface area contributed by atoms with E-state index < -0.39 is 18.0 Å². The predicted octanol–water partition coefficient (Wildman–Crippen LogP) is 4.19. The molecule has 138 valence electrons. The van der Waals surface area contributed by atoms with E-state index in [9.17, 15) is 9.59 Å². The van der Waals surface area contributed by atoms with Gasteiger partial charge in [0.05, 0.1) is 14.2 Å². The molecular formula is C18H17Cl2NO5. The van der Waals surface area contributed by atoms with E-state index in [0.717, 1.165) is 0 Å². The maximum atomic E-state index is 12.3. The molecule has 0 aliphatic heterocycles. The number of carbonyl (C=O) groups is 2. The van der Waals surface area contributed by atoms with Crippen LogP contribution in [0.25, 0.3) is 0 Å². The molecule has 0 saturated carbocycles. The molecular weight excluding hydrogens is 381 g/mol. The molecule has 1 atom stereocenters. The van der Waals surface area contributed by atoms with E-state index in [0.29, 0.717) is 21.5 Å². The van der Waals surface area contributed by atoms with Crippen molar-refractivity contribution in [3.63, 3.8) is 0 Å². The molecule has 8 heteroatoms. The fourth-order valence-corrected chi connectivity index (χ4v) is 2.64. The van der Waals surface area contributed by atoms with Crippen LogP contribution in [0.5, 0.6) is 11.5 Å². The summed E-state index contributed by atoms with van der Waals surface area (Å²) in [5, 5.41) is 3.34. The van der Waals surface area contributed by atoms with Gasteiger partial charge in [-0.15, -0.1) is 0 Å². The van der Waals surface area contributed by atoms with Gasteiger partial charge in [-0.2, -0.15) is 0 Å². The first kappa shape index (κ1) is 19.9. The fraction of sp³-hybridized carbons (Fsp3) is 0.222. The van der Waals surface area contributed by atoms with Gasteiger partial charge in [-0.05, 0) is 37.3 Å². The average molecular weight is 398 g/mol. The Bertz CT molecular complexity index is 805. The normalized spacial score (nSPS) is 11.4. The Hall–Kier alpha value is -2.44. The van der Waals surface area contributed by atoms with Crippen LogP contribution in [0.2, 0.25) is 10.0 Å². The van der Waals surface area contributed by atoms with Gasteiger partial charge in [-0.1, -0.05) is 23.2 Å². The topological polar surface area (TPSA) is 73.9 Å². The number of halogens is 2. The number of nitrogens with one attached hydrogen (secondary N) is 1. The molecule has 0 aliphatic rings. The summed E-state index contributed by atoms with van der Waals surface area (Å²) < 4.78 is 15.5. The molecule has 1 amide bonds. The lowest BCUT2D eigenvalue weighted by atomic mass is 10.2. The van der Waals surface area contributed by atoms with E-state index in [1.165, 1.54) is 45.4 Å². The van der Waals surface area contributed by atoms with E-state index in [-0.39, 0.29) is 11.3 Å². The van der Waals surface area contributed by atoms with Gasteiger partial charge in [-0.25, -0.2) is 4.79 Å². The van der Waals surface area contributed by atoms with E-state index in [1.54, 1.807) is 12.1 Å². The van der Waals surface area contributed by atoms with Crippen LogP contribution in [0.1, 0.15) is 17.3 Å². The number of rotatable bonds is 6. The number of methoxy groups -OCH3 is 2. The zero-order valence-electron chi connectivity index (χ0n) is 14.3. The highest BCUT2D eigenvalue weighted by Crippen LogP contribution is 2.26. The lowest BCUT2D eigenvalue weighted by Gasteiger charge is -2.15. The predicted molar refractivity (Wildman–Crippen MR) is 99.5 cm³/mol. The van der Waals surface area contributed by atoms with Crippen LogP contribution >= 0.6 is 23.2 Å². The Morgan fingerprint density at radius 1 is 1.00 bits per heavy atom. The molecule has 1 N–H and O–H groups in total. The minimum Gasteiger partial charge on any atom is -0.497 e. The molecule has 0 heterocycles. The minimum absolute atomic E-state index is 0.179. The van der Waals surface area contributed by atoms with Gasteiger partial charge in [0, 0.05) is 21.8 Å². The molecule has 0 radical (unpaired) electrons. The maximum Gasteiger partial charge on any atom is 0.342 e. The van der Waals surface area contributed by atoms with E-state index in [4.69, 9.17) is 37.4 Å². The standard InChI is InChI=1S/C18H17Cl2NO5/c1-10(17(22)21-13-7-11(19)6-12(20)8-13)26-18(23)15-5-4-14(24-2)9-16(15)25-3/h4-10H,1-3H3,(H,21,22)/t10-/m0/s1. The molecule has 2 rings (SSSR count). The van der Waals surface area contributed by atoms with Crippen LogP contribution in [0.15, 0.2) is 36.4 Å². The quantitative estimate of drug-likeness (QED) is 0.739. The minimum atomic E-state index is -1.05. The number of carbonyl (C=O) groups excluding carboxylic acids is 2. The maximum absolute atomic E-state index is 12.3. The Balaban J connectivity index is 2.07. The van der Waals surface area contributed by atoms with Crippen LogP contribution < -0.4 is 14.8 Å². The number of anilines is 1. The molecule has 0 spiro atoms. The molecule has 0 bridgehead atoms. The van der Waals surface area contributed by atoms with Crippen molar-refractivity contribution in [2.75, 3.05) is 19.5 Å². The highest BCUT2D eigenvalue weighted by molar-refractivity contribution is 6.35. The van der Waals surface area contributed by atoms with Crippen molar-refractivity contribution in [2.45, 2.75) is 13.0 Å². The zero-order chi connectivity index (χ0) is 19.3. The summed E-state index contributed by atoms with van der Waals surface area (Å²) in [4.78, 5) is 24.6. The van der Waals surface area contributed by atoms with Crippen molar-refractivity contribution >= 4 is 40.8 Å². The van der Waals surface area contributed by atoms with E-state index in [2.05, 4.69) is 5.32 Å². The Kier molecular flexibility index (Phi) is 6.71. The number of ether oxygens (including phenoxy) is 3. The number of esters is 1. The summed E-state index contributed by atoms with van der Waals surface area (Å²) in [5.41, 5.74) is 0.580. The number of benzene rings is 2. The number of hydrogen-bond donors (Lipinski definition) is 1. The molecule has 0 unspecified atom stereocenters. The SMILES string of the molecule is COc1ccc(C(=O)O[C@@H](C)C(=O)Nc2cc(Cl)cc(Cl)c2)c(OC)c1. The smallest absolute Gasteiger partial charge is 0.342 e. The summed E-state index contributed by atoms with van der Waals surface area (Å²) in [6.07, 6.45) is -1.05. The molecule has 0 saturated heterocycles. The summed E-state index contributed by atoms with van der Waals surface area (Å²) >= 11 is 11.8. The van der Waals surface area contributed by atoms with Gasteiger partial charge in [0.1, 0.15) is 17.1 Å². The largest absolute Gasteiger partial charge is 0.497 e. The second-order valence-corrected chi connectivity index (χ2v) is 6.13. The van der Waals surface area contributed by atoms with Crippen LogP contribution in [0.3, 0.4) is 0 Å². The zero-order valence-corrected chi connectivity index (χ0v) is 15.9. The molecule has 0 aromatic heterocycles. The first-order valence-corrected chi connectivity index (χ1v) is 8.29. The van der Waals surface area contributed by atoms with Crippen molar-refractivity contribution in [3.8, 4) is 11.5 Å². The molecule has 2 aromatic rings. The van der Waals surface area contributed by atoms with Crippen LogP contribution in [-0.4, -0.2) is 32.2 Å². The monoisotopic (exact) mass is 397 g/mol. The van der Waals surface area contributed by atoms with E-state index in [1.807, 2.05) is 0 Å². The third kappa shape index (κ3) is 5.03. The molecule has 2 aromatic carbocycles. The Morgan fingerprint density at radius 2 is 1.65 bits per heavy atom. The molecule has 26 heavy (non-hydrogen) atoms. The third-order valence-electron chi connectivity index (χ3n) is 3.41. The Labute approximate surface area is 160 Å². The van der Waals surface area contributed by atoms with Crippen molar-refractivity contribution in [2.24, 2.45) is 0 Å². The van der Waals surface area contributed by atoms with E-state index >= 15 is 0 Å². The lowest BCUT2D eigenvalue weighted by molar-refractivity contribution is -0.123. The van der Waals surface area contributed by atoms with Gasteiger partial charge in [0.15, 0.2) is 6.10 Å².